The number of carbonyl (C=O) groups is 1. The quantitative estimate of drug-likeness (QED) is 0.299. The SMILES string of the molecule is CNC(=O)Nc1ccc(O[C@H]2O[C@H](CCP(=O)(O)O)[C@@H](O)[C@H](O)[C@@H]2O)c(C)c1. The van der Waals surface area contributed by atoms with Crippen LogP contribution in [0.5, 0.6) is 5.75 Å². The first-order valence-electron chi connectivity index (χ1n) is 8.52. The first-order valence-corrected chi connectivity index (χ1v) is 10.3. The standard InChI is InChI=1S/C16H25N2O9P/c1-8-7-9(18-16(22)17-2)3-4-10(8)26-15-14(21)13(20)12(19)11(27-15)5-6-28(23,24)25/h3-4,7,11-15,19-21H,5-6H2,1-2H3,(H2,17,18,22)(H2,23,24,25)/t11-,12-,13+,14+,15+/m1/s1. The van der Waals surface area contributed by atoms with E-state index in [2.05, 4.69) is 10.6 Å². The fourth-order valence-electron chi connectivity index (χ4n) is 2.73. The van der Waals surface area contributed by atoms with Gasteiger partial charge in [0, 0.05) is 12.7 Å². The summed E-state index contributed by atoms with van der Waals surface area (Å²) in [6.45, 7) is 1.69. The van der Waals surface area contributed by atoms with Gasteiger partial charge in [0.15, 0.2) is 0 Å². The lowest BCUT2D eigenvalue weighted by molar-refractivity contribution is -0.272. The lowest BCUT2D eigenvalue weighted by atomic mass is 9.97. The zero-order valence-corrected chi connectivity index (χ0v) is 16.2. The Morgan fingerprint density at radius 1 is 1.21 bits per heavy atom. The summed E-state index contributed by atoms with van der Waals surface area (Å²) < 4.78 is 22.1. The number of aliphatic hydroxyl groups is 3. The first-order chi connectivity index (χ1) is 13.0. The number of ether oxygens (including phenoxy) is 2. The van der Waals surface area contributed by atoms with Crippen LogP contribution in [0.25, 0.3) is 0 Å². The van der Waals surface area contributed by atoms with Gasteiger partial charge in [-0.15, -0.1) is 0 Å². The summed E-state index contributed by atoms with van der Waals surface area (Å²) in [6.07, 6.45) is -8.00. The Labute approximate surface area is 161 Å². The van der Waals surface area contributed by atoms with Crippen molar-refractivity contribution >= 4 is 19.3 Å². The van der Waals surface area contributed by atoms with E-state index in [1.165, 1.54) is 13.1 Å². The minimum atomic E-state index is -4.32. The van der Waals surface area contributed by atoms with Crippen molar-refractivity contribution in [2.24, 2.45) is 0 Å². The largest absolute Gasteiger partial charge is 0.462 e. The van der Waals surface area contributed by atoms with E-state index >= 15 is 0 Å². The molecule has 1 aliphatic heterocycles. The summed E-state index contributed by atoms with van der Waals surface area (Å²) in [5.74, 6) is 0.295. The maximum atomic E-state index is 11.4. The van der Waals surface area contributed by atoms with Gasteiger partial charge in [0.25, 0.3) is 0 Å². The van der Waals surface area contributed by atoms with Gasteiger partial charge in [0.1, 0.15) is 24.1 Å². The van der Waals surface area contributed by atoms with Gasteiger partial charge in [-0.1, -0.05) is 0 Å². The molecule has 1 saturated heterocycles. The highest BCUT2D eigenvalue weighted by atomic mass is 31.2. The van der Waals surface area contributed by atoms with Crippen LogP contribution in [0.3, 0.4) is 0 Å². The van der Waals surface area contributed by atoms with Crippen LogP contribution >= 0.6 is 7.60 Å². The van der Waals surface area contributed by atoms with Crippen molar-refractivity contribution in [1.82, 2.24) is 5.32 Å². The Morgan fingerprint density at radius 3 is 2.46 bits per heavy atom. The monoisotopic (exact) mass is 420 g/mol. The van der Waals surface area contributed by atoms with Crippen molar-refractivity contribution in [2.45, 2.75) is 44.1 Å². The number of benzene rings is 1. The number of hydrogen-bond acceptors (Lipinski definition) is 7. The van der Waals surface area contributed by atoms with E-state index in [0.717, 1.165) is 0 Å². The van der Waals surface area contributed by atoms with E-state index in [0.29, 0.717) is 17.0 Å². The van der Waals surface area contributed by atoms with Gasteiger partial charge in [0.2, 0.25) is 6.29 Å². The third-order valence-electron chi connectivity index (χ3n) is 4.28. The topological polar surface area (TPSA) is 178 Å². The highest BCUT2D eigenvalue weighted by molar-refractivity contribution is 7.51. The van der Waals surface area contributed by atoms with Gasteiger partial charge >= 0.3 is 13.6 Å². The minimum Gasteiger partial charge on any atom is -0.462 e. The van der Waals surface area contributed by atoms with E-state index in [9.17, 15) is 24.7 Å². The molecule has 7 N–H and O–H groups in total. The number of aliphatic hydroxyl groups excluding tert-OH is 3. The van der Waals surface area contributed by atoms with Gasteiger partial charge in [-0.25, -0.2) is 4.79 Å². The fourth-order valence-corrected chi connectivity index (χ4v) is 3.32. The Kier molecular flexibility index (Phi) is 7.40. The van der Waals surface area contributed by atoms with Gasteiger partial charge < -0.3 is 45.2 Å². The number of rotatable bonds is 6. The zero-order valence-electron chi connectivity index (χ0n) is 15.3. The van der Waals surface area contributed by atoms with Crippen molar-refractivity contribution < 1.29 is 43.9 Å². The van der Waals surface area contributed by atoms with Crippen molar-refractivity contribution in [3.63, 3.8) is 0 Å². The normalized spacial score (nSPS) is 27.9. The van der Waals surface area contributed by atoms with Crippen molar-refractivity contribution in [3.05, 3.63) is 23.8 Å². The van der Waals surface area contributed by atoms with E-state index in [-0.39, 0.29) is 6.42 Å². The van der Waals surface area contributed by atoms with Crippen molar-refractivity contribution in [3.8, 4) is 5.75 Å². The van der Waals surface area contributed by atoms with E-state index < -0.39 is 50.5 Å². The van der Waals surface area contributed by atoms with Crippen molar-refractivity contribution in [1.29, 1.82) is 0 Å². The Hall–Kier alpha value is -1.72. The summed E-state index contributed by atoms with van der Waals surface area (Å²) in [6, 6.07) is 4.31. The zero-order chi connectivity index (χ0) is 21.1. The van der Waals surface area contributed by atoms with Crippen LogP contribution < -0.4 is 15.4 Å². The van der Waals surface area contributed by atoms with Crippen LogP contribution in [0.1, 0.15) is 12.0 Å². The molecule has 158 valence electrons. The summed E-state index contributed by atoms with van der Waals surface area (Å²) in [5.41, 5.74) is 1.10. The highest BCUT2D eigenvalue weighted by Gasteiger charge is 2.45. The number of hydrogen-bond donors (Lipinski definition) is 7. The second-order valence-electron chi connectivity index (χ2n) is 6.49. The summed E-state index contributed by atoms with van der Waals surface area (Å²) in [7, 11) is -2.85. The second-order valence-corrected chi connectivity index (χ2v) is 8.27. The smallest absolute Gasteiger partial charge is 0.325 e. The first kappa shape index (κ1) is 22.6. The molecule has 0 aliphatic carbocycles. The van der Waals surface area contributed by atoms with Crippen LogP contribution in [-0.2, 0) is 9.30 Å². The molecule has 11 nitrogen and oxygen atoms in total. The van der Waals surface area contributed by atoms with Crippen LogP contribution in [0.4, 0.5) is 10.5 Å². The van der Waals surface area contributed by atoms with Crippen LogP contribution in [0, 0.1) is 6.92 Å². The molecule has 0 saturated carbocycles. The molecule has 1 aromatic rings. The molecule has 0 aromatic heterocycles. The van der Waals surface area contributed by atoms with Crippen LogP contribution in [0.2, 0.25) is 0 Å². The summed E-state index contributed by atoms with van der Waals surface area (Å²) in [4.78, 5) is 29.3. The molecule has 0 spiro atoms. The minimum absolute atomic E-state index is 0.233. The summed E-state index contributed by atoms with van der Waals surface area (Å²) >= 11 is 0. The molecule has 1 heterocycles. The molecule has 2 amide bonds. The van der Waals surface area contributed by atoms with Gasteiger partial charge in [-0.2, -0.15) is 0 Å². The number of nitrogens with one attached hydrogen (secondary N) is 2. The molecule has 2 rings (SSSR count). The molecule has 5 atom stereocenters. The van der Waals surface area contributed by atoms with Crippen LogP contribution in [-0.4, -0.2) is 75.1 Å². The Balaban J connectivity index is 2.10. The maximum Gasteiger partial charge on any atom is 0.325 e. The molecule has 28 heavy (non-hydrogen) atoms. The van der Waals surface area contributed by atoms with Crippen LogP contribution in [0.15, 0.2) is 18.2 Å². The highest BCUT2D eigenvalue weighted by Crippen LogP contribution is 2.37. The molecule has 0 unspecified atom stereocenters. The molecule has 12 heteroatoms. The number of urea groups is 1. The number of anilines is 1. The third kappa shape index (κ3) is 5.89. The molecular formula is C16H25N2O9P. The second kappa shape index (κ2) is 9.19. The Bertz CT molecular complexity index is 741. The lowest BCUT2D eigenvalue weighted by Crippen LogP contribution is -2.59. The maximum absolute atomic E-state index is 11.4. The van der Waals surface area contributed by atoms with E-state index in [1.807, 2.05) is 0 Å². The van der Waals surface area contributed by atoms with E-state index in [1.54, 1.807) is 19.1 Å². The Morgan fingerprint density at radius 2 is 1.89 bits per heavy atom. The predicted octanol–water partition coefficient (Wildman–Crippen LogP) is -0.499. The molecule has 1 aromatic carbocycles. The van der Waals surface area contributed by atoms with Crippen molar-refractivity contribution in [2.75, 3.05) is 18.5 Å². The molecule has 0 bridgehead atoms. The average molecular weight is 420 g/mol. The fraction of sp³-hybridized carbons (Fsp3) is 0.562. The van der Waals surface area contributed by atoms with Gasteiger partial charge in [0.05, 0.1) is 12.3 Å². The lowest BCUT2D eigenvalue weighted by Gasteiger charge is -2.40. The number of aryl methyl sites for hydroxylation is 1. The molecular weight excluding hydrogens is 395 g/mol. The molecule has 0 radical (unpaired) electrons. The third-order valence-corrected chi connectivity index (χ3v) is 5.12. The molecule has 1 fully saturated rings. The number of amides is 2. The predicted molar refractivity (Wildman–Crippen MR) is 98.1 cm³/mol. The van der Waals surface area contributed by atoms with Gasteiger partial charge in [-0.05, 0) is 37.1 Å². The van der Waals surface area contributed by atoms with E-state index in [4.69, 9.17) is 19.3 Å². The molecule has 1 aliphatic rings. The number of carbonyl (C=O) groups excluding carboxylic acids is 1. The summed E-state index contributed by atoms with van der Waals surface area (Å²) in [5, 5.41) is 35.2. The van der Waals surface area contributed by atoms with Gasteiger partial charge in [-0.3, -0.25) is 4.57 Å². The average Bonchev–Trinajstić information content (AvgIpc) is 2.62.